The molecule has 96 valence electrons. The van der Waals surface area contributed by atoms with Gasteiger partial charge in [-0.15, -0.1) is 0 Å². The van der Waals surface area contributed by atoms with Gasteiger partial charge in [0, 0.05) is 23.4 Å². The largest absolute Gasteiger partial charge is 0.508 e. The minimum Gasteiger partial charge on any atom is -0.508 e. The van der Waals surface area contributed by atoms with Gasteiger partial charge in [0.1, 0.15) is 11.6 Å². The molecule has 1 aromatic rings. The zero-order chi connectivity index (χ0) is 12.8. The minimum absolute atomic E-state index is 0.0530. The Morgan fingerprint density at radius 3 is 2.76 bits per heavy atom. The van der Waals surface area contributed by atoms with Crippen LogP contribution in [0.5, 0.6) is 5.75 Å². The fourth-order valence-electron chi connectivity index (χ4n) is 1.80. The lowest BCUT2D eigenvalue weighted by atomic mass is 10.1. The fraction of sp³-hybridized carbons (Fsp3) is 0.538. The highest BCUT2D eigenvalue weighted by atomic mass is 32.2. The molecule has 0 spiro atoms. The van der Waals surface area contributed by atoms with Crippen molar-refractivity contribution in [3.8, 4) is 5.75 Å². The van der Waals surface area contributed by atoms with E-state index in [1.165, 1.54) is 18.2 Å². The van der Waals surface area contributed by atoms with Crippen LogP contribution in [0, 0.1) is 5.82 Å². The van der Waals surface area contributed by atoms with Crippen LogP contribution in [-0.4, -0.2) is 23.2 Å². The molecule has 17 heavy (non-hydrogen) atoms. The van der Waals surface area contributed by atoms with Crippen LogP contribution in [0.4, 0.5) is 4.39 Å². The molecule has 0 aromatic heterocycles. The van der Waals surface area contributed by atoms with Gasteiger partial charge in [-0.1, -0.05) is 6.92 Å². The molecule has 0 saturated carbocycles. The van der Waals surface area contributed by atoms with Gasteiger partial charge in [-0.2, -0.15) is 11.8 Å². The van der Waals surface area contributed by atoms with Crippen molar-refractivity contribution in [3.63, 3.8) is 0 Å². The number of rotatable bonds is 6. The smallest absolute Gasteiger partial charge is 0.123 e. The molecule has 4 heteroatoms. The molecule has 0 saturated heterocycles. The van der Waals surface area contributed by atoms with Gasteiger partial charge in [0.15, 0.2) is 0 Å². The maximum absolute atomic E-state index is 13.1. The van der Waals surface area contributed by atoms with Crippen molar-refractivity contribution in [2.24, 2.45) is 0 Å². The van der Waals surface area contributed by atoms with Gasteiger partial charge in [0.05, 0.1) is 0 Å². The van der Waals surface area contributed by atoms with Crippen molar-refractivity contribution < 1.29 is 9.50 Å². The molecular weight excluding hydrogens is 237 g/mol. The number of benzene rings is 1. The molecule has 0 bridgehead atoms. The van der Waals surface area contributed by atoms with Crippen LogP contribution in [0.3, 0.4) is 0 Å². The number of hydrogen-bond acceptors (Lipinski definition) is 3. The lowest BCUT2D eigenvalue weighted by Gasteiger charge is -2.22. The van der Waals surface area contributed by atoms with Crippen molar-refractivity contribution >= 4 is 11.8 Å². The summed E-state index contributed by atoms with van der Waals surface area (Å²) in [6, 6.07) is 4.38. The van der Waals surface area contributed by atoms with E-state index in [-0.39, 0.29) is 17.6 Å². The van der Waals surface area contributed by atoms with E-state index < -0.39 is 0 Å². The lowest BCUT2D eigenvalue weighted by Crippen LogP contribution is -2.33. The predicted molar refractivity (Wildman–Crippen MR) is 72.1 cm³/mol. The van der Waals surface area contributed by atoms with Gasteiger partial charge >= 0.3 is 0 Å². The van der Waals surface area contributed by atoms with Gasteiger partial charge in [-0.3, -0.25) is 0 Å². The normalized spacial score (nSPS) is 14.6. The molecule has 1 aromatic carbocycles. The van der Waals surface area contributed by atoms with E-state index in [1.54, 1.807) is 11.8 Å². The van der Waals surface area contributed by atoms with Gasteiger partial charge < -0.3 is 10.4 Å². The summed E-state index contributed by atoms with van der Waals surface area (Å²) in [6.07, 6.45) is 3.08. The van der Waals surface area contributed by atoms with Crippen LogP contribution < -0.4 is 5.32 Å². The van der Waals surface area contributed by atoms with Crippen LogP contribution in [0.15, 0.2) is 18.2 Å². The Hall–Kier alpha value is -0.740. The zero-order valence-corrected chi connectivity index (χ0v) is 11.4. The third-order valence-electron chi connectivity index (χ3n) is 2.80. The maximum atomic E-state index is 13.1. The van der Waals surface area contributed by atoms with E-state index in [9.17, 15) is 9.50 Å². The Balaban J connectivity index is 2.74. The average Bonchev–Trinajstić information content (AvgIpc) is 2.31. The topological polar surface area (TPSA) is 32.3 Å². The first kappa shape index (κ1) is 14.3. The highest BCUT2D eigenvalue weighted by Gasteiger charge is 2.15. The molecule has 1 rings (SSSR count). The van der Waals surface area contributed by atoms with Gasteiger partial charge in [0.2, 0.25) is 0 Å². The van der Waals surface area contributed by atoms with Crippen LogP contribution in [0.2, 0.25) is 0 Å². The van der Waals surface area contributed by atoms with Crippen LogP contribution in [-0.2, 0) is 0 Å². The molecule has 0 aliphatic rings. The van der Waals surface area contributed by atoms with Crippen molar-refractivity contribution in [3.05, 3.63) is 29.6 Å². The molecule has 0 amide bonds. The Bertz CT molecular complexity index is 359. The molecule has 2 atom stereocenters. The first-order valence-corrected chi connectivity index (χ1v) is 7.21. The highest BCUT2D eigenvalue weighted by molar-refractivity contribution is 7.98. The summed E-state index contributed by atoms with van der Waals surface area (Å²) < 4.78 is 13.1. The molecule has 2 unspecified atom stereocenters. The van der Waals surface area contributed by atoms with Gasteiger partial charge in [0.25, 0.3) is 0 Å². The summed E-state index contributed by atoms with van der Waals surface area (Å²) in [7, 11) is 0. The Morgan fingerprint density at radius 1 is 1.47 bits per heavy atom. The van der Waals surface area contributed by atoms with E-state index >= 15 is 0 Å². The Kier molecular flexibility index (Phi) is 5.78. The number of aromatic hydroxyl groups is 1. The SMILES string of the molecule is CCC(CSC)NC(C)c1cc(F)ccc1O. The summed E-state index contributed by atoms with van der Waals surface area (Å²) in [4.78, 5) is 0. The minimum atomic E-state index is -0.315. The van der Waals surface area contributed by atoms with E-state index in [1.807, 2.05) is 6.92 Å². The van der Waals surface area contributed by atoms with E-state index in [0.717, 1.165) is 12.2 Å². The number of nitrogens with one attached hydrogen (secondary N) is 1. The molecular formula is C13H20FNOS. The predicted octanol–water partition coefficient (Wildman–Crippen LogP) is 3.32. The van der Waals surface area contributed by atoms with E-state index in [0.29, 0.717) is 11.6 Å². The standard InChI is InChI=1S/C13H20FNOS/c1-4-11(8-17-3)15-9(2)12-7-10(14)5-6-13(12)16/h5-7,9,11,15-16H,4,8H2,1-3H3. The van der Waals surface area contributed by atoms with E-state index in [2.05, 4.69) is 18.5 Å². The second-order valence-corrected chi connectivity index (χ2v) is 5.06. The number of halogens is 1. The fourth-order valence-corrected chi connectivity index (χ4v) is 2.53. The van der Waals surface area contributed by atoms with Crippen LogP contribution >= 0.6 is 11.8 Å². The number of hydrogen-bond donors (Lipinski definition) is 2. The summed E-state index contributed by atoms with van der Waals surface area (Å²) in [5.41, 5.74) is 0.615. The molecule has 0 aliphatic heterocycles. The monoisotopic (exact) mass is 257 g/mol. The highest BCUT2D eigenvalue weighted by Crippen LogP contribution is 2.25. The summed E-state index contributed by atoms with van der Waals surface area (Å²) in [5.74, 6) is 0.839. The Labute approximate surface area is 107 Å². The summed E-state index contributed by atoms with van der Waals surface area (Å²) >= 11 is 1.78. The second kappa shape index (κ2) is 6.87. The molecule has 0 aliphatic carbocycles. The molecule has 0 radical (unpaired) electrons. The van der Waals surface area contributed by atoms with Crippen molar-refractivity contribution in [2.75, 3.05) is 12.0 Å². The van der Waals surface area contributed by atoms with Gasteiger partial charge in [-0.05, 0) is 37.8 Å². The third-order valence-corrected chi connectivity index (χ3v) is 3.54. The first-order valence-electron chi connectivity index (χ1n) is 5.81. The number of phenols is 1. The van der Waals surface area contributed by atoms with E-state index in [4.69, 9.17) is 0 Å². The van der Waals surface area contributed by atoms with Crippen molar-refractivity contribution in [1.82, 2.24) is 5.32 Å². The van der Waals surface area contributed by atoms with Crippen LogP contribution in [0.25, 0.3) is 0 Å². The average molecular weight is 257 g/mol. The molecule has 2 nitrogen and oxygen atoms in total. The summed E-state index contributed by atoms with van der Waals surface area (Å²) in [6.45, 7) is 4.06. The maximum Gasteiger partial charge on any atom is 0.123 e. The Morgan fingerprint density at radius 2 is 2.18 bits per heavy atom. The summed E-state index contributed by atoms with van der Waals surface area (Å²) in [5, 5.41) is 13.1. The van der Waals surface area contributed by atoms with Crippen molar-refractivity contribution in [2.45, 2.75) is 32.4 Å². The van der Waals surface area contributed by atoms with Crippen molar-refractivity contribution in [1.29, 1.82) is 0 Å². The van der Waals surface area contributed by atoms with Crippen LogP contribution in [0.1, 0.15) is 31.9 Å². The molecule has 0 fully saturated rings. The molecule has 2 N–H and O–H groups in total. The number of phenolic OH excluding ortho intramolecular Hbond substituents is 1. The third kappa shape index (κ3) is 4.21. The lowest BCUT2D eigenvalue weighted by molar-refractivity contribution is 0.430. The first-order chi connectivity index (χ1) is 8.08. The zero-order valence-electron chi connectivity index (χ0n) is 10.5. The second-order valence-electron chi connectivity index (χ2n) is 4.15. The number of thioether (sulfide) groups is 1. The molecule has 0 heterocycles. The quantitative estimate of drug-likeness (QED) is 0.820. The van der Waals surface area contributed by atoms with Gasteiger partial charge in [-0.25, -0.2) is 4.39 Å².